The number of rotatable bonds is 6. The summed E-state index contributed by atoms with van der Waals surface area (Å²) in [6, 6.07) is 7.96. The first-order valence-electron chi connectivity index (χ1n) is 11.4. The van der Waals surface area contributed by atoms with Gasteiger partial charge in [0.25, 0.3) is 0 Å². The van der Waals surface area contributed by atoms with Crippen molar-refractivity contribution < 1.29 is 23.8 Å². The van der Waals surface area contributed by atoms with Gasteiger partial charge in [-0.2, -0.15) is 0 Å². The van der Waals surface area contributed by atoms with Gasteiger partial charge in [0, 0.05) is 26.2 Å². The minimum atomic E-state index is -0.919. The Bertz CT molecular complexity index is 786. The zero-order valence-corrected chi connectivity index (χ0v) is 20.0. The third kappa shape index (κ3) is 5.72. The zero-order valence-electron chi connectivity index (χ0n) is 20.0. The maximum absolute atomic E-state index is 13.3. The van der Waals surface area contributed by atoms with Crippen molar-refractivity contribution in [1.29, 1.82) is 0 Å². The summed E-state index contributed by atoms with van der Waals surface area (Å²) < 4.78 is 16.4. The molecule has 0 unspecified atom stereocenters. The first-order valence-corrected chi connectivity index (χ1v) is 11.4. The minimum Gasteiger partial charge on any atom is -0.497 e. The topological polar surface area (TPSA) is 80.3 Å². The molecule has 0 saturated carbocycles. The summed E-state index contributed by atoms with van der Waals surface area (Å²) in [6.45, 7) is 11.2. The Labute approximate surface area is 191 Å². The SMILES string of the molecule is COc1ccc([C@H](CNC(=O)[C@]2(C)CCCN2C(=O)OC(C)(C)C)N2CCOCC2)cc1. The third-order valence-electron chi connectivity index (χ3n) is 6.19. The standard InChI is InChI=1S/C24H37N3O5/c1-23(2,3)32-22(29)27-12-6-11-24(27,4)21(28)25-17-20(26-13-15-31-16-14-26)18-7-9-19(30-5)10-8-18/h7-10,20H,6,11-17H2,1-5H3,(H,25,28)/t20-,24-/m0/s1. The van der Waals surface area contributed by atoms with Crippen LogP contribution in [0.25, 0.3) is 0 Å². The van der Waals surface area contributed by atoms with Gasteiger partial charge in [0.2, 0.25) is 5.91 Å². The van der Waals surface area contributed by atoms with Crippen LogP contribution in [0.3, 0.4) is 0 Å². The molecule has 2 atom stereocenters. The lowest BCUT2D eigenvalue weighted by atomic mass is 9.97. The highest BCUT2D eigenvalue weighted by molar-refractivity contribution is 5.90. The van der Waals surface area contributed by atoms with Crippen LogP contribution in [0.15, 0.2) is 24.3 Å². The molecule has 0 aromatic heterocycles. The Morgan fingerprint density at radius 2 is 1.81 bits per heavy atom. The van der Waals surface area contributed by atoms with Crippen molar-refractivity contribution in [3.05, 3.63) is 29.8 Å². The van der Waals surface area contributed by atoms with Crippen molar-refractivity contribution in [2.45, 2.75) is 57.7 Å². The molecule has 2 fully saturated rings. The van der Waals surface area contributed by atoms with Gasteiger partial charge in [-0.3, -0.25) is 14.6 Å². The molecule has 2 heterocycles. The fraction of sp³-hybridized carbons (Fsp3) is 0.667. The summed E-state index contributed by atoms with van der Waals surface area (Å²) in [5.74, 6) is 0.651. The largest absolute Gasteiger partial charge is 0.497 e. The molecule has 0 radical (unpaired) electrons. The third-order valence-corrected chi connectivity index (χ3v) is 6.19. The van der Waals surface area contributed by atoms with Gasteiger partial charge >= 0.3 is 6.09 Å². The molecule has 0 aliphatic carbocycles. The van der Waals surface area contributed by atoms with Crippen LogP contribution < -0.4 is 10.1 Å². The number of benzene rings is 1. The van der Waals surface area contributed by atoms with Crippen molar-refractivity contribution in [1.82, 2.24) is 15.1 Å². The van der Waals surface area contributed by atoms with Crippen molar-refractivity contribution in [3.63, 3.8) is 0 Å². The second-order valence-corrected chi connectivity index (χ2v) is 9.66. The van der Waals surface area contributed by atoms with Gasteiger partial charge in [0.05, 0.1) is 26.4 Å². The summed E-state index contributed by atoms with van der Waals surface area (Å²) in [5.41, 5.74) is -0.418. The van der Waals surface area contributed by atoms with E-state index in [0.29, 0.717) is 32.7 Å². The van der Waals surface area contributed by atoms with E-state index in [1.807, 2.05) is 52.0 Å². The van der Waals surface area contributed by atoms with Crippen molar-refractivity contribution >= 4 is 12.0 Å². The molecule has 2 saturated heterocycles. The first kappa shape index (κ1) is 24.3. The van der Waals surface area contributed by atoms with Crippen LogP contribution in [0, 0.1) is 0 Å². The molecule has 1 aromatic carbocycles. The maximum Gasteiger partial charge on any atom is 0.411 e. The molecule has 3 rings (SSSR count). The first-order chi connectivity index (χ1) is 15.1. The van der Waals surface area contributed by atoms with Crippen molar-refractivity contribution in [2.24, 2.45) is 0 Å². The van der Waals surface area contributed by atoms with Crippen molar-refractivity contribution in [3.8, 4) is 5.75 Å². The van der Waals surface area contributed by atoms with E-state index in [0.717, 1.165) is 30.8 Å². The highest BCUT2D eigenvalue weighted by atomic mass is 16.6. The number of morpholine rings is 1. The number of hydrogen-bond donors (Lipinski definition) is 1. The van der Waals surface area contributed by atoms with E-state index in [1.165, 1.54) is 0 Å². The number of hydrogen-bond acceptors (Lipinski definition) is 6. The molecule has 1 N–H and O–H groups in total. The molecule has 32 heavy (non-hydrogen) atoms. The summed E-state index contributed by atoms with van der Waals surface area (Å²) in [7, 11) is 1.65. The fourth-order valence-corrected chi connectivity index (χ4v) is 4.36. The van der Waals surface area contributed by atoms with Crippen LogP contribution in [-0.2, 0) is 14.3 Å². The van der Waals surface area contributed by atoms with E-state index < -0.39 is 17.2 Å². The predicted molar refractivity (Wildman–Crippen MR) is 122 cm³/mol. The summed E-state index contributed by atoms with van der Waals surface area (Å²) in [5, 5.41) is 3.14. The number of carbonyl (C=O) groups is 2. The molecule has 178 valence electrons. The Morgan fingerprint density at radius 1 is 1.16 bits per heavy atom. The molecule has 2 amide bonds. The summed E-state index contributed by atoms with van der Waals surface area (Å²) in [4.78, 5) is 30.0. The van der Waals surface area contributed by atoms with E-state index in [2.05, 4.69) is 10.2 Å². The Kier molecular flexibility index (Phi) is 7.67. The van der Waals surface area contributed by atoms with Crippen LogP contribution in [0.1, 0.15) is 52.1 Å². The average molecular weight is 448 g/mol. The zero-order chi connectivity index (χ0) is 23.4. The van der Waals surface area contributed by atoms with E-state index in [1.54, 1.807) is 12.0 Å². The van der Waals surface area contributed by atoms with Gasteiger partial charge in [0.1, 0.15) is 16.9 Å². The molecule has 1 aromatic rings. The van der Waals surface area contributed by atoms with Gasteiger partial charge in [-0.15, -0.1) is 0 Å². The molecule has 0 bridgehead atoms. The fourth-order valence-electron chi connectivity index (χ4n) is 4.36. The highest BCUT2D eigenvalue weighted by Crippen LogP contribution is 2.31. The normalized spacial score (nSPS) is 23.0. The molecule has 2 aliphatic heterocycles. The summed E-state index contributed by atoms with van der Waals surface area (Å²) >= 11 is 0. The van der Waals surface area contributed by atoms with Crippen LogP contribution in [0.5, 0.6) is 5.75 Å². The predicted octanol–water partition coefficient (Wildman–Crippen LogP) is 2.97. The van der Waals surface area contributed by atoms with Gasteiger partial charge in [0.15, 0.2) is 0 Å². The molecule has 2 aliphatic rings. The van der Waals surface area contributed by atoms with Gasteiger partial charge in [-0.25, -0.2) is 4.79 Å². The van der Waals surface area contributed by atoms with Crippen LogP contribution in [0.2, 0.25) is 0 Å². The van der Waals surface area contributed by atoms with Gasteiger partial charge < -0.3 is 19.5 Å². The minimum absolute atomic E-state index is 0.00809. The molecule has 8 nitrogen and oxygen atoms in total. The van der Waals surface area contributed by atoms with Crippen LogP contribution in [-0.4, -0.2) is 79.4 Å². The lowest BCUT2D eigenvalue weighted by molar-refractivity contribution is -0.131. The molecular formula is C24H37N3O5. The molecule has 0 spiro atoms. The average Bonchev–Trinajstić information content (AvgIpc) is 3.17. The van der Waals surface area contributed by atoms with Crippen molar-refractivity contribution in [2.75, 3.05) is 46.5 Å². The van der Waals surface area contributed by atoms with E-state index in [9.17, 15) is 9.59 Å². The number of ether oxygens (including phenoxy) is 3. The van der Waals surface area contributed by atoms with Crippen LogP contribution >= 0.6 is 0 Å². The highest BCUT2D eigenvalue weighted by Gasteiger charge is 2.47. The Hall–Kier alpha value is -2.32. The second-order valence-electron chi connectivity index (χ2n) is 9.66. The molecular weight excluding hydrogens is 410 g/mol. The molecule has 8 heteroatoms. The van der Waals surface area contributed by atoms with Crippen LogP contribution in [0.4, 0.5) is 4.79 Å². The quantitative estimate of drug-likeness (QED) is 0.722. The van der Waals surface area contributed by atoms with E-state index in [4.69, 9.17) is 14.2 Å². The summed E-state index contributed by atoms with van der Waals surface area (Å²) in [6.07, 6.45) is 0.949. The van der Waals surface area contributed by atoms with E-state index in [-0.39, 0.29) is 11.9 Å². The lowest BCUT2D eigenvalue weighted by Crippen LogP contribution is -2.57. The number of likely N-dealkylation sites (tertiary alicyclic amines) is 1. The maximum atomic E-state index is 13.3. The number of methoxy groups -OCH3 is 1. The number of amides is 2. The Morgan fingerprint density at radius 3 is 2.41 bits per heavy atom. The number of carbonyl (C=O) groups excluding carboxylic acids is 2. The van der Waals surface area contributed by atoms with Gasteiger partial charge in [-0.05, 0) is 58.2 Å². The van der Waals surface area contributed by atoms with E-state index >= 15 is 0 Å². The second kappa shape index (κ2) is 10.1. The number of nitrogens with zero attached hydrogens (tertiary/aromatic N) is 2. The smallest absolute Gasteiger partial charge is 0.411 e. The number of nitrogens with one attached hydrogen (secondary N) is 1. The van der Waals surface area contributed by atoms with Gasteiger partial charge in [-0.1, -0.05) is 12.1 Å². The monoisotopic (exact) mass is 447 g/mol. The lowest BCUT2D eigenvalue weighted by Gasteiger charge is -2.37. The Balaban J connectivity index is 1.72.